The predicted octanol–water partition coefficient (Wildman–Crippen LogP) is 3.36. The third kappa shape index (κ3) is 5.44. The molecule has 0 aliphatic rings. The summed E-state index contributed by atoms with van der Waals surface area (Å²) in [6.45, 7) is 10.1. The summed E-state index contributed by atoms with van der Waals surface area (Å²) in [5.41, 5.74) is 3.08. The number of nitrogens with one attached hydrogen (secondary N) is 2. The van der Waals surface area contributed by atoms with E-state index in [0.717, 1.165) is 23.0 Å². The Labute approximate surface area is 154 Å². The van der Waals surface area contributed by atoms with E-state index < -0.39 is 11.7 Å². The average Bonchev–Trinajstić information content (AvgIpc) is 2.55. The van der Waals surface area contributed by atoms with Crippen molar-refractivity contribution in [1.82, 2.24) is 15.6 Å². The van der Waals surface area contributed by atoms with Gasteiger partial charge in [0.25, 0.3) is 5.91 Å². The molecule has 2 aromatic rings. The maximum atomic E-state index is 12.4. The molecular weight excluding hydrogens is 330 g/mol. The zero-order valence-corrected chi connectivity index (χ0v) is 16.1. The molecule has 0 saturated carbocycles. The van der Waals surface area contributed by atoms with Crippen LogP contribution in [0, 0.1) is 6.92 Å². The van der Waals surface area contributed by atoms with Crippen LogP contribution in [0.2, 0.25) is 0 Å². The zero-order chi connectivity index (χ0) is 19.3. The minimum Gasteiger partial charge on any atom is -0.444 e. The van der Waals surface area contributed by atoms with Crippen molar-refractivity contribution in [3.63, 3.8) is 0 Å². The molecule has 0 unspecified atom stereocenters. The lowest BCUT2D eigenvalue weighted by Gasteiger charge is -2.19. The Hall–Kier alpha value is -2.63. The lowest BCUT2D eigenvalue weighted by Crippen LogP contribution is -2.37. The SMILES string of the molecule is CCc1cc(C)nc2ccc(C(=O)NCCNC(=O)OC(C)(C)C)cc12. The number of benzene rings is 1. The Bertz CT molecular complexity index is 810. The van der Waals surface area contributed by atoms with Crippen LogP contribution in [0.1, 0.15) is 49.3 Å². The van der Waals surface area contributed by atoms with Crippen LogP contribution in [0.15, 0.2) is 24.3 Å². The molecule has 1 heterocycles. The number of rotatable bonds is 5. The van der Waals surface area contributed by atoms with Gasteiger partial charge in [-0.2, -0.15) is 0 Å². The van der Waals surface area contributed by atoms with Crippen molar-refractivity contribution in [3.8, 4) is 0 Å². The van der Waals surface area contributed by atoms with E-state index in [1.807, 2.05) is 19.1 Å². The molecule has 0 radical (unpaired) electrons. The highest BCUT2D eigenvalue weighted by Crippen LogP contribution is 2.20. The van der Waals surface area contributed by atoms with Crippen molar-refractivity contribution in [1.29, 1.82) is 0 Å². The number of carbonyl (C=O) groups excluding carboxylic acids is 2. The minimum absolute atomic E-state index is 0.180. The van der Waals surface area contributed by atoms with Crippen LogP contribution in [0.4, 0.5) is 4.79 Å². The molecule has 140 valence electrons. The highest BCUT2D eigenvalue weighted by atomic mass is 16.6. The van der Waals surface area contributed by atoms with Gasteiger partial charge in [-0.15, -0.1) is 0 Å². The van der Waals surface area contributed by atoms with E-state index in [1.54, 1.807) is 26.8 Å². The first kappa shape index (κ1) is 19.7. The molecule has 0 aliphatic carbocycles. The van der Waals surface area contributed by atoms with E-state index >= 15 is 0 Å². The van der Waals surface area contributed by atoms with Crippen LogP contribution >= 0.6 is 0 Å². The number of amides is 2. The second-order valence-electron chi connectivity index (χ2n) is 7.19. The van der Waals surface area contributed by atoms with E-state index in [-0.39, 0.29) is 5.91 Å². The Morgan fingerprint density at radius 2 is 1.81 bits per heavy atom. The average molecular weight is 357 g/mol. The lowest BCUT2D eigenvalue weighted by atomic mass is 10.0. The van der Waals surface area contributed by atoms with E-state index in [0.29, 0.717) is 18.7 Å². The Morgan fingerprint density at radius 1 is 1.12 bits per heavy atom. The number of aromatic nitrogens is 1. The van der Waals surface area contributed by atoms with Crippen LogP contribution in [0.5, 0.6) is 0 Å². The van der Waals surface area contributed by atoms with Gasteiger partial charge in [-0.1, -0.05) is 6.92 Å². The van der Waals surface area contributed by atoms with Crippen LogP contribution in [-0.2, 0) is 11.2 Å². The quantitative estimate of drug-likeness (QED) is 0.804. The number of alkyl carbamates (subject to hydrolysis) is 1. The molecule has 1 aromatic heterocycles. The van der Waals surface area contributed by atoms with Crippen molar-refractivity contribution in [2.75, 3.05) is 13.1 Å². The van der Waals surface area contributed by atoms with Crippen LogP contribution in [0.3, 0.4) is 0 Å². The summed E-state index contributed by atoms with van der Waals surface area (Å²) in [6.07, 6.45) is 0.386. The summed E-state index contributed by atoms with van der Waals surface area (Å²) in [5.74, 6) is -0.180. The number of pyridine rings is 1. The van der Waals surface area contributed by atoms with E-state index in [1.165, 1.54) is 5.56 Å². The Kier molecular flexibility index (Phi) is 6.18. The monoisotopic (exact) mass is 357 g/mol. The third-order valence-corrected chi connectivity index (χ3v) is 3.74. The smallest absolute Gasteiger partial charge is 0.407 e. The molecule has 2 amide bonds. The van der Waals surface area contributed by atoms with Gasteiger partial charge in [0.1, 0.15) is 5.60 Å². The molecule has 26 heavy (non-hydrogen) atoms. The van der Waals surface area contributed by atoms with E-state index in [4.69, 9.17) is 4.74 Å². The number of carbonyl (C=O) groups is 2. The summed E-state index contributed by atoms with van der Waals surface area (Å²) < 4.78 is 5.14. The molecule has 0 saturated heterocycles. The first-order valence-corrected chi connectivity index (χ1v) is 8.85. The van der Waals surface area contributed by atoms with Crippen molar-refractivity contribution in [3.05, 3.63) is 41.1 Å². The van der Waals surface area contributed by atoms with Gasteiger partial charge in [0.15, 0.2) is 0 Å². The van der Waals surface area contributed by atoms with Gasteiger partial charge in [0.2, 0.25) is 0 Å². The standard InChI is InChI=1S/C20H27N3O3/c1-6-14-11-13(2)23-17-8-7-15(12-16(14)17)18(24)21-9-10-22-19(25)26-20(3,4)5/h7-8,11-12H,6,9-10H2,1-5H3,(H,21,24)(H,22,25). The van der Waals surface area contributed by atoms with Crippen LogP contribution in [-0.4, -0.2) is 35.7 Å². The third-order valence-electron chi connectivity index (χ3n) is 3.74. The molecule has 0 spiro atoms. The topological polar surface area (TPSA) is 80.3 Å². The number of nitrogens with zero attached hydrogens (tertiary/aromatic N) is 1. The summed E-state index contributed by atoms with van der Waals surface area (Å²) in [7, 11) is 0. The largest absolute Gasteiger partial charge is 0.444 e. The maximum Gasteiger partial charge on any atom is 0.407 e. The maximum absolute atomic E-state index is 12.4. The zero-order valence-electron chi connectivity index (χ0n) is 16.1. The van der Waals surface area contributed by atoms with Gasteiger partial charge in [-0.05, 0) is 63.9 Å². The molecule has 0 atom stereocenters. The van der Waals surface area contributed by atoms with Crippen molar-refractivity contribution >= 4 is 22.9 Å². The van der Waals surface area contributed by atoms with Crippen molar-refractivity contribution in [2.24, 2.45) is 0 Å². The number of hydrogen-bond donors (Lipinski definition) is 2. The van der Waals surface area contributed by atoms with Gasteiger partial charge in [0, 0.05) is 29.7 Å². The minimum atomic E-state index is -0.540. The molecule has 0 fully saturated rings. The molecule has 1 aromatic carbocycles. The van der Waals surface area contributed by atoms with Gasteiger partial charge < -0.3 is 15.4 Å². The fourth-order valence-electron chi connectivity index (χ4n) is 2.63. The summed E-state index contributed by atoms with van der Waals surface area (Å²) in [5, 5.41) is 6.41. The Balaban J connectivity index is 1.95. The van der Waals surface area contributed by atoms with Gasteiger partial charge >= 0.3 is 6.09 Å². The first-order valence-electron chi connectivity index (χ1n) is 8.85. The molecule has 2 N–H and O–H groups in total. The lowest BCUT2D eigenvalue weighted by molar-refractivity contribution is 0.0526. The fourth-order valence-corrected chi connectivity index (χ4v) is 2.63. The van der Waals surface area contributed by atoms with Crippen molar-refractivity contribution in [2.45, 2.75) is 46.6 Å². The van der Waals surface area contributed by atoms with Gasteiger partial charge in [-0.25, -0.2) is 4.79 Å². The molecular formula is C20H27N3O3. The number of ether oxygens (including phenoxy) is 1. The number of fused-ring (bicyclic) bond motifs is 1. The summed E-state index contributed by atoms with van der Waals surface area (Å²) in [4.78, 5) is 28.4. The highest BCUT2D eigenvalue weighted by Gasteiger charge is 2.15. The number of hydrogen-bond acceptors (Lipinski definition) is 4. The van der Waals surface area contributed by atoms with Gasteiger partial charge in [-0.3, -0.25) is 9.78 Å². The second kappa shape index (κ2) is 8.17. The van der Waals surface area contributed by atoms with Crippen molar-refractivity contribution < 1.29 is 14.3 Å². The molecule has 6 heteroatoms. The first-order chi connectivity index (χ1) is 12.2. The normalized spacial score (nSPS) is 11.3. The fraction of sp³-hybridized carbons (Fsp3) is 0.450. The van der Waals surface area contributed by atoms with Gasteiger partial charge in [0.05, 0.1) is 5.52 Å². The molecule has 6 nitrogen and oxygen atoms in total. The van der Waals surface area contributed by atoms with E-state index in [2.05, 4.69) is 28.6 Å². The number of aryl methyl sites for hydroxylation is 2. The summed E-state index contributed by atoms with van der Waals surface area (Å²) in [6, 6.07) is 7.56. The Morgan fingerprint density at radius 3 is 2.46 bits per heavy atom. The molecule has 0 bridgehead atoms. The van der Waals surface area contributed by atoms with Crippen LogP contribution < -0.4 is 10.6 Å². The highest BCUT2D eigenvalue weighted by molar-refractivity contribution is 5.98. The second-order valence-corrected chi connectivity index (χ2v) is 7.19. The predicted molar refractivity (Wildman–Crippen MR) is 102 cm³/mol. The molecule has 0 aliphatic heterocycles. The summed E-state index contributed by atoms with van der Waals surface area (Å²) >= 11 is 0. The van der Waals surface area contributed by atoms with E-state index in [9.17, 15) is 9.59 Å². The van der Waals surface area contributed by atoms with Crippen LogP contribution in [0.25, 0.3) is 10.9 Å². The molecule has 2 rings (SSSR count).